The van der Waals surface area contributed by atoms with Gasteiger partial charge in [-0.3, -0.25) is 14.5 Å². The predicted molar refractivity (Wildman–Crippen MR) is 132 cm³/mol. The van der Waals surface area contributed by atoms with E-state index in [0.717, 1.165) is 16.8 Å². The first-order chi connectivity index (χ1) is 16.2. The Balaban J connectivity index is 1.56. The van der Waals surface area contributed by atoms with Crippen LogP contribution in [0.1, 0.15) is 50.3 Å². The van der Waals surface area contributed by atoms with Crippen molar-refractivity contribution in [3.05, 3.63) is 53.1 Å². The second kappa shape index (κ2) is 10.8. The van der Waals surface area contributed by atoms with E-state index in [0.29, 0.717) is 36.6 Å². The van der Waals surface area contributed by atoms with Gasteiger partial charge in [0, 0.05) is 43.9 Å². The Hall–Kier alpha value is -3.86. The van der Waals surface area contributed by atoms with Gasteiger partial charge in [-0.15, -0.1) is 0 Å². The van der Waals surface area contributed by atoms with Gasteiger partial charge < -0.3 is 15.5 Å². The number of nitriles is 1. The van der Waals surface area contributed by atoms with Gasteiger partial charge >= 0.3 is 6.03 Å². The number of amides is 4. The Morgan fingerprint density at radius 1 is 1.03 bits per heavy atom. The van der Waals surface area contributed by atoms with Crippen LogP contribution in [-0.4, -0.2) is 35.8 Å². The van der Waals surface area contributed by atoms with Crippen molar-refractivity contribution in [1.29, 1.82) is 5.26 Å². The summed E-state index contributed by atoms with van der Waals surface area (Å²) >= 11 is 0. The molecule has 1 atom stereocenters. The van der Waals surface area contributed by atoms with Crippen LogP contribution in [0.4, 0.5) is 21.9 Å². The lowest BCUT2D eigenvalue weighted by Crippen LogP contribution is -2.46. The van der Waals surface area contributed by atoms with Crippen LogP contribution in [0.2, 0.25) is 0 Å². The molecule has 0 saturated carbocycles. The highest BCUT2D eigenvalue weighted by Crippen LogP contribution is 2.31. The second-order valence-electron chi connectivity index (χ2n) is 8.64. The topological polar surface area (TPSA) is 106 Å². The third-order valence-corrected chi connectivity index (χ3v) is 5.91. The van der Waals surface area contributed by atoms with Crippen molar-refractivity contribution in [3.8, 4) is 6.07 Å². The van der Waals surface area contributed by atoms with Crippen LogP contribution >= 0.6 is 0 Å². The summed E-state index contributed by atoms with van der Waals surface area (Å²) in [6.45, 7) is 9.27. The fourth-order valence-corrected chi connectivity index (χ4v) is 4.15. The highest BCUT2D eigenvalue weighted by molar-refractivity contribution is 5.97. The largest absolute Gasteiger partial charge is 0.326 e. The molecule has 0 saturated heterocycles. The molecule has 8 heteroatoms. The van der Waals surface area contributed by atoms with E-state index < -0.39 is 0 Å². The number of nitrogens with zero attached hydrogens (tertiary/aromatic N) is 3. The minimum atomic E-state index is -0.179. The third-order valence-electron chi connectivity index (χ3n) is 5.91. The minimum absolute atomic E-state index is 0.00226. The van der Waals surface area contributed by atoms with Crippen LogP contribution in [0.5, 0.6) is 0 Å². The second-order valence-corrected chi connectivity index (χ2v) is 8.64. The Labute approximate surface area is 200 Å². The molecular formula is C26H31N5O3. The summed E-state index contributed by atoms with van der Waals surface area (Å²) in [5.74, 6) is -0.496. The first-order valence-electron chi connectivity index (χ1n) is 11.6. The molecule has 1 heterocycles. The van der Waals surface area contributed by atoms with Crippen LogP contribution in [0.25, 0.3) is 0 Å². The van der Waals surface area contributed by atoms with Crippen molar-refractivity contribution in [3.63, 3.8) is 0 Å². The molecule has 1 aliphatic rings. The first-order valence-corrected chi connectivity index (χ1v) is 11.6. The van der Waals surface area contributed by atoms with E-state index in [-0.39, 0.29) is 36.6 Å². The van der Waals surface area contributed by atoms with Gasteiger partial charge in [0.1, 0.15) is 0 Å². The van der Waals surface area contributed by atoms with Gasteiger partial charge in [0.05, 0.1) is 17.3 Å². The smallest absolute Gasteiger partial charge is 0.324 e. The van der Waals surface area contributed by atoms with Gasteiger partial charge in [-0.25, -0.2) is 4.79 Å². The number of anilines is 3. The molecule has 178 valence electrons. The fourth-order valence-electron chi connectivity index (χ4n) is 4.15. The zero-order chi connectivity index (χ0) is 24.8. The lowest BCUT2D eigenvalue weighted by molar-refractivity contribution is -0.118. The highest BCUT2D eigenvalue weighted by atomic mass is 16.2. The quantitative estimate of drug-likeness (QED) is 0.597. The van der Waals surface area contributed by atoms with Crippen molar-refractivity contribution in [1.82, 2.24) is 4.90 Å². The summed E-state index contributed by atoms with van der Waals surface area (Å²) in [6, 6.07) is 12.8. The summed E-state index contributed by atoms with van der Waals surface area (Å²) in [5.41, 5.74) is 4.54. The van der Waals surface area contributed by atoms with E-state index in [4.69, 9.17) is 5.26 Å². The van der Waals surface area contributed by atoms with Crippen molar-refractivity contribution in [2.45, 2.75) is 47.1 Å². The molecule has 0 aliphatic carbocycles. The Bertz CT molecular complexity index is 1140. The molecular weight excluding hydrogens is 430 g/mol. The van der Waals surface area contributed by atoms with Crippen molar-refractivity contribution >= 4 is 34.9 Å². The van der Waals surface area contributed by atoms with Crippen molar-refractivity contribution in [2.24, 2.45) is 5.92 Å². The Morgan fingerprint density at radius 2 is 1.65 bits per heavy atom. The molecule has 34 heavy (non-hydrogen) atoms. The van der Waals surface area contributed by atoms with Crippen molar-refractivity contribution < 1.29 is 14.4 Å². The Morgan fingerprint density at radius 3 is 2.21 bits per heavy atom. The average molecular weight is 462 g/mol. The molecule has 2 aromatic rings. The monoisotopic (exact) mass is 461 g/mol. The fraction of sp³-hybridized carbons (Fsp3) is 0.385. The molecule has 0 fully saturated rings. The summed E-state index contributed by atoms with van der Waals surface area (Å²) < 4.78 is 0. The molecule has 1 unspecified atom stereocenters. The standard InChI is InChI=1S/C26H31N5O3/c1-5-30-16-20-14-22(9-10-23(20)31(6-2)26(30)34)29-25(33)12-17(3)11-24(32)28-21-8-7-19(15-27)18(4)13-21/h7-10,13-14,17H,5-6,11-12,16H2,1-4H3,(H,28,32)(H,29,33). The number of nitrogens with one attached hydrogen (secondary N) is 2. The molecule has 2 aromatic carbocycles. The van der Waals surface area contributed by atoms with E-state index in [1.807, 2.05) is 39.8 Å². The van der Waals surface area contributed by atoms with E-state index in [2.05, 4.69) is 16.7 Å². The highest BCUT2D eigenvalue weighted by Gasteiger charge is 2.28. The molecule has 3 rings (SSSR count). The number of fused-ring (bicyclic) bond motifs is 1. The average Bonchev–Trinajstić information content (AvgIpc) is 2.78. The number of hydrogen-bond acceptors (Lipinski definition) is 4. The normalized spacial score (nSPS) is 13.7. The van der Waals surface area contributed by atoms with Gasteiger partial charge in [0.15, 0.2) is 0 Å². The Kier molecular flexibility index (Phi) is 7.90. The molecule has 0 bridgehead atoms. The summed E-state index contributed by atoms with van der Waals surface area (Å²) in [7, 11) is 0. The molecule has 0 spiro atoms. The molecule has 0 aromatic heterocycles. The van der Waals surface area contributed by atoms with Gasteiger partial charge in [0.25, 0.3) is 0 Å². The van der Waals surface area contributed by atoms with Crippen LogP contribution in [0, 0.1) is 24.2 Å². The van der Waals surface area contributed by atoms with Gasteiger partial charge in [-0.2, -0.15) is 5.26 Å². The van der Waals surface area contributed by atoms with Gasteiger partial charge in [-0.1, -0.05) is 6.92 Å². The van der Waals surface area contributed by atoms with Crippen LogP contribution in [-0.2, 0) is 16.1 Å². The predicted octanol–water partition coefficient (Wildman–Crippen LogP) is 4.64. The van der Waals surface area contributed by atoms with E-state index in [9.17, 15) is 14.4 Å². The maximum absolute atomic E-state index is 12.6. The molecule has 2 N–H and O–H groups in total. The maximum Gasteiger partial charge on any atom is 0.324 e. The molecule has 0 radical (unpaired) electrons. The van der Waals surface area contributed by atoms with E-state index in [1.165, 1.54) is 0 Å². The van der Waals surface area contributed by atoms with Crippen LogP contribution in [0.15, 0.2) is 36.4 Å². The molecule has 8 nitrogen and oxygen atoms in total. The van der Waals surface area contributed by atoms with E-state index >= 15 is 0 Å². The molecule has 4 amide bonds. The lowest BCUT2D eigenvalue weighted by atomic mass is 10.0. The van der Waals surface area contributed by atoms with Crippen LogP contribution < -0.4 is 15.5 Å². The number of carbonyl (C=O) groups is 3. The number of hydrogen-bond donors (Lipinski definition) is 2. The number of carbonyl (C=O) groups excluding carboxylic acids is 3. The van der Waals surface area contributed by atoms with E-state index in [1.54, 1.807) is 34.1 Å². The van der Waals surface area contributed by atoms with Gasteiger partial charge in [-0.05, 0) is 74.2 Å². The number of aryl methyl sites for hydroxylation is 1. The number of rotatable bonds is 8. The summed E-state index contributed by atoms with van der Waals surface area (Å²) in [6.07, 6.45) is 0.410. The number of urea groups is 1. The third kappa shape index (κ3) is 5.73. The minimum Gasteiger partial charge on any atom is -0.326 e. The first kappa shape index (κ1) is 24.8. The molecule has 1 aliphatic heterocycles. The zero-order valence-corrected chi connectivity index (χ0v) is 20.1. The lowest BCUT2D eigenvalue weighted by Gasteiger charge is -2.36. The van der Waals surface area contributed by atoms with Gasteiger partial charge in [0.2, 0.25) is 11.8 Å². The summed E-state index contributed by atoms with van der Waals surface area (Å²) in [5, 5.41) is 14.8. The SMILES string of the molecule is CCN1Cc2cc(NC(=O)CC(C)CC(=O)Nc3ccc(C#N)c(C)c3)ccc2N(CC)C1=O. The van der Waals surface area contributed by atoms with Crippen molar-refractivity contribution in [2.75, 3.05) is 28.6 Å². The van der Waals surface area contributed by atoms with Crippen LogP contribution in [0.3, 0.4) is 0 Å². The number of benzene rings is 2. The zero-order valence-electron chi connectivity index (χ0n) is 20.1. The summed E-state index contributed by atoms with van der Waals surface area (Å²) in [4.78, 5) is 41.0. The maximum atomic E-state index is 12.6.